The smallest absolute Gasteiger partial charge is 0.278 e. The Bertz CT molecular complexity index is 1220. The molecule has 0 saturated carbocycles. The van der Waals surface area contributed by atoms with Gasteiger partial charge in [0.25, 0.3) is 5.91 Å². The molecule has 2 aliphatic heterocycles. The summed E-state index contributed by atoms with van der Waals surface area (Å²) in [5.74, 6) is -0.283. The highest BCUT2D eigenvalue weighted by Gasteiger charge is 2.37. The van der Waals surface area contributed by atoms with Crippen molar-refractivity contribution in [3.8, 4) is 11.5 Å². The molecule has 0 fully saturated rings. The first-order valence-electron chi connectivity index (χ1n) is 9.93. The third-order valence-corrected chi connectivity index (χ3v) is 5.44. The van der Waals surface area contributed by atoms with Crippen LogP contribution in [0.3, 0.4) is 0 Å². The fourth-order valence-corrected chi connectivity index (χ4v) is 3.99. The number of hydrogen-bond acceptors (Lipinski definition) is 6. The van der Waals surface area contributed by atoms with Gasteiger partial charge in [0.05, 0.1) is 5.69 Å². The molecule has 1 amide bonds. The first kappa shape index (κ1) is 18.9. The number of aromatic hydroxyl groups is 1. The maximum atomic E-state index is 13.1. The van der Waals surface area contributed by atoms with E-state index in [0.717, 1.165) is 11.3 Å². The van der Waals surface area contributed by atoms with Gasteiger partial charge in [-0.1, -0.05) is 30.3 Å². The Morgan fingerprint density at radius 3 is 2.71 bits per heavy atom. The second-order valence-electron chi connectivity index (χ2n) is 7.31. The van der Waals surface area contributed by atoms with Crippen LogP contribution in [-0.2, 0) is 0 Å². The molecule has 0 unspecified atom stereocenters. The van der Waals surface area contributed by atoms with E-state index in [1.165, 1.54) is 12.3 Å². The summed E-state index contributed by atoms with van der Waals surface area (Å²) in [6.07, 6.45) is 6.92. The number of pyridine rings is 2. The van der Waals surface area contributed by atoms with Crippen LogP contribution in [0.4, 0.5) is 0 Å². The number of fused-ring (bicyclic) bond motifs is 5. The summed E-state index contributed by atoms with van der Waals surface area (Å²) in [4.78, 5) is 31.4. The Morgan fingerprint density at radius 1 is 1.03 bits per heavy atom. The molecule has 0 aliphatic carbocycles. The summed E-state index contributed by atoms with van der Waals surface area (Å²) in [5.41, 5.74) is 0.934. The zero-order valence-corrected chi connectivity index (χ0v) is 16.6. The Morgan fingerprint density at radius 2 is 1.87 bits per heavy atom. The van der Waals surface area contributed by atoms with Crippen LogP contribution < -0.4 is 15.2 Å². The van der Waals surface area contributed by atoms with Gasteiger partial charge in [0.2, 0.25) is 5.43 Å². The minimum Gasteiger partial charge on any atom is -0.502 e. The average molecular weight is 416 g/mol. The van der Waals surface area contributed by atoms with Gasteiger partial charge in [-0.15, -0.1) is 0 Å². The van der Waals surface area contributed by atoms with Crippen LogP contribution in [0.5, 0.6) is 11.5 Å². The quantitative estimate of drug-likeness (QED) is 0.611. The van der Waals surface area contributed by atoms with Gasteiger partial charge in [-0.25, -0.2) is 0 Å². The number of amides is 1. The average Bonchev–Trinajstić information content (AvgIpc) is 2.82. The number of aromatic nitrogens is 2. The standard InChI is InChI=1S/C23H20N4O4/c28-18-10-13-26-21(22(18)29)23(30)25-12-5-6-14-31-19-9-2-1-7-16(19)20(27(26)15-25)17-8-3-4-11-24-17/h1-11,13,20,29H,12,14-15H2/b6-5-/t20-/m0/s1. The van der Waals surface area contributed by atoms with E-state index in [1.807, 2.05) is 59.6 Å². The van der Waals surface area contributed by atoms with Crippen molar-refractivity contribution in [2.24, 2.45) is 0 Å². The van der Waals surface area contributed by atoms with Crippen molar-refractivity contribution in [1.29, 1.82) is 0 Å². The van der Waals surface area contributed by atoms with Crippen molar-refractivity contribution in [2.75, 3.05) is 24.8 Å². The third-order valence-electron chi connectivity index (χ3n) is 5.44. The highest BCUT2D eigenvalue weighted by molar-refractivity contribution is 5.96. The van der Waals surface area contributed by atoms with E-state index in [0.29, 0.717) is 18.9 Å². The molecule has 1 atom stereocenters. The summed E-state index contributed by atoms with van der Waals surface area (Å²) < 4.78 is 7.57. The van der Waals surface area contributed by atoms with E-state index >= 15 is 0 Å². The third kappa shape index (κ3) is 3.22. The SMILES string of the molecule is O=C1c2c(O)c(=O)ccn2N2CN1C/C=C\COc1ccccc1[C@H]2c1ccccn1. The van der Waals surface area contributed by atoms with Crippen LogP contribution in [0.1, 0.15) is 27.8 Å². The van der Waals surface area contributed by atoms with Gasteiger partial charge in [0, 0.05) is 30.6 Å². The van der Waals surface area contributed by atoms with Gasteiger partial charge >= 0.3 is 0 Å². The van der Waals surface area contributed by atoms with Gasteiger partial charge in [-0.2, -0.15) is 0 Å². The lowest BCUT2D eigenvalue weighted by molar-refractivity contribution is 0.0701. The Balaban J connectivity index is 1.80. The normalized spacial score (nSPS) is 19.0. The number of para-hydroxylation sites is 1. The van der Waals surface area contributed by atoms with Crippen LogP contribution in [0.25, 0.3) is 0 Å². The van der Waals surface area contributed by atoms with Gasteiger partial charge in [0.1, 0.15) is 25.1 Å². The maximum absolute atomic E-state index is 13.1. The maximum Gasteiger partial charge on any atom is 0.278 e. The number of benzene rings is 1. The minimum absolute atomic E-state index is 0.0641. The summed E-state index contributed by atoms with van der Waals surface area (Å²) >= 11 is 0. The molecule has 8 heteroatoms. The molecule has 0 saturated heterocycles. The second-order valence-corrected chi connectivity index (χ2v) is 7.31. The number of carbonyl (C=O) groups is 1. The number of rotatable bonds is 1. The topological polar surface area (TPSA) is 87.9 Å². The summed E-state index contributed by atoms with van der Waals surface area (Å²) in [7, 11) is 0. The van der Waals surface area contributed by atoms with E-state index in [4.69, 9.17) is 4.74 Å². The zero-order chi connectivity index (χ0) is 21.4. The molecule has 0 radical (unpaired) electrons. The molecule has 1 aromatic carbocycles. The number of ether oxygens (including phenoxy) is 1. The van der Waals surface area contributed by atoms with E-state index in [9.17, 15) is 14.7 Å². The first-order chi connectivity index (χ1) is 15.1. The van der Waals surface area contributed by atoms with Crippen LogP contribution >= 0.6 is 0 Å². The lowest BCUT2D eigenvalue weighted by atomic mass is 10.0. The molecule has 5 rings (SSSR count). The van der Waals surface area contributed by atoms with Crippen LogP contribution in [0.15, 0.2) is 77.9 Å². The van der Waals surface area contributed by atoms with E-state index < -0.39 is 23.1 Å². The number of hydrogen-bond donors (Lipinski definition) is 1. The highest BCUT2D eigenvalue weighted by Crippen LogP contribution is 2.36. The predicted octanol–water partition coefficient (Wildman–Crippen LogP) is 2.04. The monoisotopic (exact) mass is 416 g/mol. The van der Waals surface area contributed by atoms with E-state index in [-0.39, 0.29) is 12.4 Å². The Kier molecular flexibility index (Phi) is 4.66. The molecule has 2 aromatic heterocycles. The van der Waals surface area contributed by atoms with Crippen LogP contribution in [0.2, 0.25) is 0 Å². The van der Waals surface area contributed by atoms with E-state index in [2.05, 4.69) is 4.98 Å². The van der Waals surface area contributed by atoms with Gasteiger partial charge in [-0.3, -0.25) is 24.3 Å². The summed E-state index contributed by atoms with van der Waals surface area (Å²) in [5, 5.41) is 12.4. The lowest BCUT2D eigenvalue weighted by Gasteiger charge is -2.43. The van der Waals surface area contributed by atoms with Crippen molar-refractivity contribution in [3.05, 3.63) is 100 Å². The number of carbonyl (C=O) groups excluding carboxylic acids is 1. The van der Waals surface area contributed by atoms with Crippen molar-refractivity contribution < 1.29 is 14.6 Å². The molecule has 156 valence electrons. The molecule has 3 aromatic rings. The zero-order valence-electron chi connectivity index (χ0n) is 16.6. The van der Waals surface area contributed by atoms with Crippen molar-refractivity contribution in [3.63, 3.8) is 0 Å². The first-order valence-corrected chi connectivity index (χ1v) is 9.93. The summed E-state index contributed by atoms with van der Waals surface area (Å²) in [6, 6.07) is 14.1. The lowest BCUT2D eigenvalue weighted by Crippen LogP contribution is -2.55. The molecule has 4 heterocycles. The van der Waals surface area contributed by atoms with Crippen molar-refractivity contribution in [2.45, 2.75) is 6.04 Å². The van der Waals surface area contributed by atoms with Crippen molar-refractivity contribution in [1.82, 2.24) is 14.6 Å². The van der Waals surface area contributed by atoms with Crippen LogP contribution in [0, 0.1) is 0 Å². The molecule has 0 spiro atoms. The van der Waals surface area contributed by atoms with E-state index in [1.54, 1.807) is 15.8 Å². The fraction of sp³-hybridized carbons (Fsp3) is 0.174. The molecule has 2 aliphatic rings. The molecule has 2 bridgehead atoms. The molecule has 8 nitrogen and oxygen atoms in total. The fourth-order valence-electron chi connectivity index (χ4n) is 3.99. The predicted molar refractivity (Wildman–Crippen MR) is 114 cm³/mol. The Hall–Kier alpha value is -4.07. The van der Waals surface area contributed by atoms with Gasteiger partial charge < -0.3 is 14.7 Å². The molecular weight excluding hydrogens is 396 g/mol. The minimum atomic E-state index is -0.598. The highest BCUT2D eigenvalue weighted by atomic mass is 16.5. The molecule has 31 heavy (non-hydrogen) atoms. The van der Waals surface area contributed by atoms with Crippen molar-refractivity contribution >= 4 is 5.91 Å². The summed E-state index contributed by atoms with van der Waals surface area (Å²) in [6.45, 7) is 0.893. The van der Waals surface area contributed by atoms with Gasteiger partial charge in [0.15, 0.2) is 11.4 Å². The van der Waals surface area contributed by atoms with Crippen LogP contribution in [-0.4, -0.2) is 45.4 Å². The second kappa shape index (κ2) is 7.64. The van der Waals surface area contributed by atoms with Gasteiger partial charge in [-0.05, 0) is 24.3 Å². The largest absolute Gasteiger partial charge is 0.502 e. The number of nitrogens with zero attached hydrogens (tertiary/aromatic N) is 4. The molecular formula is C23H20N4O4. The Labute approximate surface area is 178 Å². The molecule has 1 N–H and O–H groups in total.